The van der Waals surface area contributed by atoms with Crippen molar-refractivity contribution in [2.24, 2.45) is 5.92 Å². The highest BCUT2D eigenvalue weighted by molar-refractivity contribution is 5.05. The third kappa shape index (κ3) is 4.73. The van der Waals surface area contributed by atoms with Crippen molar-refractivity contribution in [3.63, 3.8) is 0 Å². The van der Waals surface area contributed by atoms with Crippen LogP contribution in [-0.4, -0.2) is 30.4 Å². The summed E-state index contributed by atoms with van der Waals surface area (Å²) in [5.74, 6) is -20.8. The zero-order valence-electron chi connectivity index (χ0n) is 10.1. The third-order valence-corrected chi connectivity index (χ3v) is 2.19. The molecule has 20 heavy (non-hydrogen) atoms. The Morgan fingerprint density at radius 3 is 1.25 bits per heavy atom. The molecule has 124 valence electrons. The predicted octanol–water partition coefficient (Wildman–Crippen LogP) is 5.57. The van der Waals surface area contributed by atoms with Gasteiger partial charge in [0.05, 0.1) is 19.5 Å². The van der Waals surface area contributed by atoms with E-state index in [4.69, 9.17) is 0 Å². The summed E-state index contributed by atoms with van der Waals surface area (Å²) >= 11 is 0. The van der Waals surface area contributed by atoms with Gasteiger partial charge in [0.2, 0.25) is 0 Å². The van der Waals surface area contributed by atoms with E-state index in [9.17, 15) is 39.5 Å². The highest BCUT2D eigenvalue weighted by Gasteiger charge is 2.78. The highest BCUT2D eigenvalue weighted by atomic mass is 19.3. The van der Waals surface area contributed by atoms with Gasteiger partial charge in [-0.3, -0.25) is 4.39 Å². The van der Waals surface area contributed by atoms with E-state index >= 15 is 0 Å². The van der Waals surface area contributed by atoms with Crippen LogP contribution in [0.3, 0.4) is 0 Å². The molecule has 0 heterocycles. The molecule has 1 rings (SSSR count). The van der Waals surface area contributed by atoms with Gasteiger partial charge in [-0.05, 0) is 5.92 Å². The molecule has 0 unspecified atom stereocenters. The van der Waals surface area contributed by atoms with Crippen LogP contribution >= 0.6 is 0 Å². The lowest BCUT2D eigenvalue weighted by molar-refractivity contribution is -0.362. The van der Waals surface area contributed by atoms with Crippen LogP contribution in [0.1, 0.15) is 34.1 Å². The smallest absolute Gasteiger partial charge is 0.251 e. The molecule has 0 atom stereocenters. The van der Waals surface area contributed by atoms with Crippen molar-refractivity contribution in [3.8, 4) is 0 Å². The Balaban J connectivity index is 0. The van der Waals surface area contributed by atoms with Crippen LogP contribution in [0.5, 0.6) is 0 Å². The third-order valence-electron chi connectivity index (χ3n) is 2.19. The maximum Gasteiger partial charge on any atom is 0.372 e. The SMILES string of the molecule is C.CC(C)CF.FC1(F)CC(F)(F)C(F)(F)C(F)(F)C1. The summed E-state index contributed by atoms with van der Waals surface area (Å²) in [6.45, 7) is 3.50. The fourth-order valence-electron chi connectivity index (χ4n) is 1.20. The van der Waals surface area contributed by atoms with Gasteiger partial charge >= 0.3 is 17.8 Å². The first kappa shape index (κ1) is 21.7. The average molecular weight is 320 g/mol. The first-order valence-electron chi connectivity index (χ1n) is 5.26. The molecule has 1 saturated carbocycles. The lowest BCUT2D eigenvalue weighted by Crippen LogP contribution is -2.62. The highest BCUT2D eigenvalue weighted by Crippen LogP contribution is 2.57. The number of rotatable bonds is 1. The second-order valence-electron chi connectivity index (χ2n) is 4.74. The number of hydrogen-bond donors (Lipinski definition) is 0. The predicted molar refractivity (Wildman–Crippen MR) is 56.6 cm³/mol. The lowest BCUT2D eigenvalue weighted by atomic mass is 9.86. The van der Waals surface area contributed by atoms with E-state index in [1.807, 2.05) is 13.8 Å². The van der Waals surface area contributed by atoms with Gasteiger partial charge in [-0.2, -0.15) is 26.3 Å². The Morgan fingerprint density at radius 1 is 0.800 bits per heavy atom. The monoisotopic (exact) mass is 320 g/mol. The van der Waals surface area contributed by atoms with Crippen molar-refractivity contribution in [1.29, 1.82) is 0 Å². The summed E-state index contributed by atoms with van der Waals surface area (Å²) in [5.41, 5.74) is 0. The standard InChI is InChI=1S/C6H4F8.C4H9F.CH4/c7-3(8)1-4(9,10)6(13,14)5(11,12)2-3;1-4(2)3-5;/h1-2H2;4H,3H2,1-2H3;1H4. The van der Waals surface area contributed by atoms with Crippen LogP contribution in [0.15, 0.2) is 0 Å². The van der Waals surface area contributed by atoms with E-state index in [1.54, 1.807) is 0 Å². The van der Waals surface area contributed by atoms with Gasteiger partial charge in [0.15, 0.2) is 0 Å². The molecule has 1 aliphatic rings. The van der Waals surface area contributed by atoms with Gasteiger partial charge in [0.25, 0.3) is 5.92 Å². The minimum atomic E-state index is -5.72. The Morgan fingerprint density at radius 2 is 1.05 bits per heavy atom. The van der Waals surface area contributed by atoms with Crippen molar-refractivity contribution in [2.45, 2.75) is 57.8 Å². The van der Waals surface area contributed by atoms with Crippen LogP contribution in [-0.2, 0) is 0 Å². The van der Waals surface area contributed by atoms with E-state index < -0.39 is 36.5 Å². The molecular formula is C11H17F9. The van der Waals surface area contributed by atoms with Crippen molar-refractivity contribution in [1.82, 2.24) is 0 Å². The largest absolute Gasteiger partial charge is 0.372 e. The molecule has 0 amide bonds. The molecule has 0 aromatic heterocycles. The summed E-state index contributed by atoms with van der Waals surface area (Å²) in [6, 6.07) is 0. The van der Waals surface area contributed by atoms with Gasteiger partial charge in [-0.15, -0.1) is 0 Å². The van der Waals surface area contributed by atoms with Crippen molar-refractivity contribution in [3.05, 3.63) is 0 Å². The van der Waals surface area contributed by atoms with Gasteiger partial charge in [0, 0.05) is 0 Å². The topological polar surface area (TPSA) is 0 Å². The Hall–Kier alpha value is -0.630. The van der Waals surface area contributed by atoms with Gasteiger partial charge in [-0.25, -0.2) is 8.78 Å². The normalized spacial score (nSPS) is 25.2. The summed E-state index contributed by atoms with van der Waals surface area (Å²) in [6.07, 6.45) is -5.11. The molecule has 1 fully saturated rings. The second kappa shape index (κ2) is 6.43. The van der Waals surface area contributed by atoms with Crippen LogP contribution in [0.4, 0.5) is 39.5 Å². The summed E-state index contributed by atoms with van der Waals surface area (Å²) in [7, 11) is 0. The van der Waals surface area contributed by atoms with Crippen molar-refractivity contribution in [2.75, 3.05) is 6.67 Å². The zero-order valence-corrected chi connectivity index (χ0v) is 10.1. The Bertz CT molecular complexity index is 274. The average Bonchev–Trinajstić information content (AvgIpc) is 2.12. The first-order valence-corrected chi connectivity index (χ1v) is 5.26. The Kier molecular flexibility index (Phi) is 6.96. The fourth-order valence-corrected chi connectivity index (χ4v) is 1.20. The molecule has 9 heteroatoms. The van der Waals surface area contributed by atoms with Crippen molar-refractivity contribution < 1.29 is 39.5 Å². The van der Waals surface area contributed by atoms with Gasteiger partial charge < -0.3 is 0 Å². The van der Waals surface area contributed by atoms with E-state index in [0.717, 1.165) is 0 Å². The number of alkyl halides is 9. The molecule has 0 saturated heterocycles. The summed E-state index contributed by atoms with van der Waals surface area (Å²) in [4.78, 5) is 0. The minimum Gasteiger partial charge on any atom is -0.251 e. The van der Waals surface area contributed by atoms with Gasteiger partial charge in [0.1, 0.15) is 0 Å². The number of hydrogen-bond acceptors (Lipinski definition) is 0. The lowest BCUT2D eigenvalue weighted by Gasteiger charge is -2.40. The second-order valence-corrected chi connectivity index (χ2v) is 4.74. The molecule has 0 radical (unpaired) electrons. The molecule has 0 bridgehead atoms. The van der Waals surface area contributed by atoms with Crippen LogP contribution in [0, 0.1) is 5.92 Å². The van der Waals surface area contributed by atoms with E-state index in [2.05, 4.69) is 0 Å². The molecule has 1 aliphatic carbocycles. The van der Waals surface area contributed by atoms with E-state index in [0.29, 0.717) is 0 Å². The van der Waals surface area contributed by atoms with E-state index in [-0.39, 0.29) is 20.0 Å². The summed E-state index contributed by atoms with van der Waals surface area (Å²) in [5, 5.41) is 0. The molecule has 0 aromatic carbocycles. The van der Waals surface area contributed by atoms with Crippen LogP contribution in [0.2, 0.25) is 0 Å². The van der Waals surface area contributed by atoms with E-state index in [1.165, 1.54) is 0 Å². The van der Waals surface area contributed by atoms with Crippen LogP contribution < -0.4 is 0 Å². The summed E-state index contributed by atoms with van der Waals surface area (Å²) < 4.78 is 109. The minimum absolute atomic E-state index is 0. The molecule has 0 N–H and O–H groups in total. The maximum atomic E-state index is 12.3. The number of halogens is 9. The molecule has 0 spiro atoms. The Labute approximate surface area is 111 Å². The quantitative estimate of drug-likeness (QED) is 0.554. The molecule has 0 nitrogen and oxygen atoms in total. The van der Waals surface area contributed by atoms with Gasteiger partial charge in [-0.1, -0.05) is 21.3 Å². The maximum absolute atomic E-state index is 12.3. The molecular weight excluding hydrogens is 303 g/mol. The fraction of sp³-hybridized carbons (Fsp3) is 1.00. The van der Waals surface area contributed by atoms with Crippen molar-refractivity contribution >= 4 is 0 Å². The van der Waals surface area contributed by atoms with Crippen LogP contribution in [0.25, 0.3) is 0 Å². The molecule has 0 aliphatic heterocycles. The molecule has 0 aromatic rings. The zero-order chi connectivity index (χ0) is 15.7. The first-order chi connectivity index (χ1) is 8.18.